The molecule has 0 atom stereocenters. The second-order valence-corrected chi connectivity index (χ2v) is 11.1. The minimum absolute atomic E-state index is 0.440. The van der Waals surface area contributed by atoms with Gasteiger partial charge < -0.3 is 0 Å². The highest BCUT2D eigenvalue weighted by atomic mass is 35.5. The molecule has 0 aliphatic rings. The van der Waals surface area contributed by atoms with Crippen LogP contribution in [0.3, 0.4) is 0 Å². The van der Waals surface area contributed by atoms with Crippen molar-refractivity contribution in [2.24, 2.45) is 0 Å². The smallest absolute Gasteiger partial charge is 0.187 e. The number of nitrogens with one attached hydrogen (secondary N) is 2. The number of aryl methyl sites for hydroxylation is 2. The van der Waals surface area contributed by atoms with E-state index in [9.17, 15) is 0 Å². The van der Waals surface area contributed by atoms with Gasteiger partial charge >= 0.3 is 0 Å². The lowest BCUT2D eigenvalue weighted by Crippen LogP contribution is -2.15. The maximum Gasteiger partial charge on any atom is 0.187 e. The molecule has 0 amide bonds. The summed E-state index contributed by atoms with van der Waals surface area (Å²) < 4.78 is 3.91. The van der Waals surface area contributed by atoms with Gasteiger partial charge in [0.25, 0.3) is 0 Å². The molecule has 0 bridgehead atoms. The molecule has 170 valence electrons. The fraction of sp³-hybridized carbons (Fsp3) is 0.0769. The summed E-state index contributed by atoms with van der Waals surface area (Å²) in [4.78, 5) is 2.99. The molecule has 8 heteroatoms. The average Bonchev–Trinajstić information content (AvgIpc) is 3.28. The standard InChI is InChI=1S/C26H20Cl2N4S2/c1-15-23(17-6-10-19(27)11-7-17)31(25(29)33-15)21-4-3-5-22(14-21)32-24(16(2)34-26(32)30)18-8-12-20(28)13-9-18/h3-14,29-30H,1-2H3. The lowest BCUT2D eigenvalue weighted by molar-refractivity contribution is 0.956. The summed E-state index contributed by atoms with van der Waals surface area (Å²) in [6, 6.07) is 23.4. The lowest BCUT2D eigenvalue weighted by atomic mass is 10.1. The van der Waals surface area contributed by atoms with Crippen LogP contribution in [0.15, 0.2) is 72.8 Å². The van der Waals surface area contributed by atoms with Crippen molar-refractivity contribution in [3.63, 3.8) is 0 Å². The molecule has 0 saturated carbocycles. The van der Waals surface area contributed by atoms with Crippen molar-refractivity contribution in [2.75, 3.05) is 0 Å². The summed E-state index contributed by atoms with van der Waals surface area (Å²) in [5.41, 5.74) is 5.69. The minimum atomic E-state index is 0.440. The van der Waals surface area contributed by atoms with Crippen molar-refractivity contribution < 1.29 is 0 Å². The van der Waals surface area contributed by atoms with E-state index in [1.165, 1.54) is 22.7 Å². The van der Waals surface area contributed by atoms with E-state index in [1.807, 2.05) is 95.8 Å². The van der Waals surface area contributed by atoms with Crippen LogP contribution >= 0.6 is 45.9 Å². The van der Waals surface area contributed by atoms with Gasteiger partial charge in [0.05, 0.1) is 22.8 Å². The Kier molecular flexibility index (Phi) is 6.08. The number of hydrogen-bond donors (Lipinski definition) is 2. The van der Waals surface area contributed by atoms with E-state index in [0.717, 1.165) is 43.6 Å². The largest absolute Gasteiger partial charge is 0.285 e. The maximum atomic E-state index is 8.68. The Morgan fingerprint density at radius 3 is 1.38 bits per heavy atom. The Morgan fingerprint density at radius 2 is 1.00 bits per heavy atom. The number of thiazole rings is 2. The van der Waals surface area contributed by atoms with Crippen molar-refractivity contribution in [1.82, 2.24) is 9.13 Å². The average molecular weight is 524 g/mol. The van der Waals surface area contributed by atoms with Gasteiger partial charge in [-0.05, 0) is 67.4 Å². The van der Waals surface area contributed by atoms with Crippen LogP contribution in [0.4, 0.5) is 0 Å². The number of hydrogen-bond acceptors (Lipinski definition) is 4. The van der Waals surface area contributed by atoms with Crippen LogP contribution < -0.4 is 9.60 Å². The minimum Gasteiger partial charge on any atom is -0.285 e. The van der Waals surface area contributed by atoms with Gasteiger partial charge in [-0.1, -0.05) is 53.5 Å². The predicted molar refractivity (Wildman–Crippen MR) is 143 cm³/mol. The molecule has 3 aromatic carbocycles. The zero-order valence-electron chi connectivity index (χ0n) is 18.4. The number of benzene rings is 3. The van der Waals surface area contributed by atoms with Crippen molar-refractivity contribution in [3.8, 4) is 33.9 Å². The monoisotopic (exact) mass is 522 g/mol. The summed E-state index contributed by atoms with van der Waals surface area (Å²) in [7, 11) is 0. The Labute approximate surface area is 215 Å². The molecule has 4 nitrogen and oxygen atoms in total. The molecule has 34 heavy (non-hydrogen) atoms. The van der Waals surface area contributed by atoms with Gasteiger partial charge in [0, 0.05) is 19.8 Å². The molecule has 0 spiro atoms. The highest BCUT2D eigenvalue weighted by molar-refractivity contribution is 7.09. The fourth-order valence-electron chi connectivity index (χ4n) is 4.14. The van der Waals surface area contributed by atoms with Gasteiger partial charge in [0.1, 0.15) is 0 Å². The highest BCUT2D eigenvalue weighted by Crippen LogP contribution is 2.32. The molecule has 0 radical (unpaired) electrons. The number of rotatable bonds is 4. The van der Waals surface area contributed by atoms with Crippen LogP contribution in [-0.4, -0.2) is 9.13 Å². The van der Waals surface area contributed by atoms with Crippen LogP contribution in [0.5, 0.6) is 0 Å². The first-order chi connectivity index (χ1) is 16.3. The third-order valence-electron chi connectivity index (χ3n) is 5.60. The molecule has 0 aliphatic carbocycles. The lowest BCUT2D eigenvalue weighted by Gasteiger charge is -2.14. The molecule has 0 unspecified atom stereocenters. The van der Waals surface area contributed by atoms with Gasteiger partial charge in [0.15, 0.2) is 9.60 Å². The number of aromatic nitrogens is 2. The predicted octanol–water partition coefficient (Wildman–Crippen LogP) is 7.61. The zero-order valence-corrected chi connectivity index (χ0v) is 21.5. The molecular weight excluding hydrogens is 503 g/mol. The normalized spacial score (nSPS) is 11.2. The van der Waals surface area contributed by atoms with Gasteiger partial charge in [-0.2, -0.15) is 0 Å². The van der Waals surface area contributed by atoms with E-state index in [4.69, 9.17) is 34.0 Å². The Morgan fingerprint density at radius 1 is 0.618 bits per heavy atom. The van der Waals surface area contributed by atoms with E-state index in [0.29, 0.717) is 19.6 Å². The first-order valence-corrected chi connectivity index (χ1v) is 12.9. The maximum absolute atomic E-state index is 8.68. The van der Waals surface area contributed by atoms with Gasteiger partial charge in [-0.25, -0.2) is 0 Å². The quantitative estimate of drug-likeness (QED) is 0.244. The van der Waals surface area contributed by atoms with Crippen molar-refractivity contribution >= 4 is 45.9 Å². The highest BCUT2D eigenvalue weighted by Gasteiger charge is 2.17. The fourth-order valence-corrected chi connectivity index (χ4v) is 6.16. The van der Waals surface area contributed by atoms with Crippen LogP contribution in [0.2, 0.25) is 10.0 Å². The van der Waals surface area contributed by atoms with Gasteiger partial charge in [-0.3, -0.25) is 20.0 Å². The van der Waals surface area contributed by atoms with Crippen LogP contribution in [-0.2, 0) is 0 Å². The first-order valence-electron chi connectivity index (χ1n) is 10.5. The Bertz CT molecular complexity index is 1500. The van der Waals surface area contributed by atoms with E-state index >= 15 is 0 Å². The van der Waals surface area contributed by atoms with Crippen LogP contribution in [0.1, 0.15) is 9.75 Å². The molecular formula is C26H20Cl2N4S2. The second-order valence-electron chi connectivity index (χ2n) is 7.83. The Balaban J connectivity index is 1.70. The summed E-state index contributed by atoms with van der Waals surface area (Å²) in [5.74, 6) is 0. The molecule has 0 aliphatic heterocycles. The molecule has 0 fully saturated rings. The van der Waals surface area contributed by atoms with Crippen LogP contribution in [0, 0.1) is 24.7 Å². The van der Waals surface area contributed by atoms with Gasteiger partial charge in [0.2, 0.25) is 0 Å². The van der Waals surface area contributed by atoms with E-state index in [-0.39, 0.29) is 0 Å². The second kappa shape index (κ2) is 9.04. The molecule has 0 saturated heterocycles. The van der Waals surface area contributed by atoms with Crippen molar-refractivity contribution in [2.45, 2.75) is 13.8 Å². The number of nitrogens with zero attached hydrogens (tertiary/aromatic N) is 2. The van der Waals surface area contributed by atoms with Gasteiger partial charge in [-0.15, -0.1) is 22.7 Å². The third-order valence-corrected chi connectivity index (χ3v) is 7.86. The number of halogens is 2. The van der Waals surface area contributed by atoms with E-state index in [1.54, 1.807) is 0 Å². The van der Waals surface area contributed by atoms with E-state index in [2.05, 4.69) is 0 Å². The Hall–Kier alpha value is -2.90. The molecule has 2 heterocycles. The van der Waals surface area contributed by atoms with Crippen LogP contribution in [0.25, 0.3) is 33.9 Å². The summed E-state index contributed by atoms with van der Waals surface area (Å²) in [6.45, 7) is 4.06. The third kappa shape index (κ3) is 4.07. The molecule has 2 N–H and O–H groups in total. The zero-order chi connectivity index (χ0) is 24.0. The van der Waals surface area contributed by atoms with Crippen molar-refractivity contribution in [3.05, 3.63) is 102 Å². The summed E-state index contributed by atoms with van der Waals surface area (Å²) in [6.07, 6.45) is 0. The van der Waals surface area contributed by atoms with Crippen molar-refractivity contribution in [1.29, 1.82) is 10.8 Å². The molecule has 2 aromatic heterocycles. The SMILES string of the molecule is Cc1sc(=N)n(-c2cccc(-n3c(-c4ccc(Cl)cc4)c(C)sc3=N)c2)c1-c1ccc(Cl)cc1. The van der Waals surface area contributed by atoms with E-state index < -0.39 is 0 Å². The molecule has 5 rings (SSSR count). The summed E-state index contributed by atoms with van der Waals surface area (Å²) >= 11 is 15.1. The topological polar surface area (TPSA) is 57.6 Å². The summed E-state index contributed by atoms with van der Waals surface area (Å²) in [5, 5.41) is 18.7. The first kappa shape index (κ1) is 22.9. The molecule has 5 aromatic rings.